The lowest BCUT2D eigenvalue weighted by molar-refractivity contribution is 0.597. The van der Waals surface area contributed by atoms with Gasteiger partial charge in [0.2, 0.25) is 10.0 Å². The summed E-state index contributed by atoms with van der Waals surface area (Å²) in [5.41, 5.74) is 1.01. The highest BCUT2D eigenvalue weighted by atomic mass is 35.5. The Hall–Kier alpha value is -3.31. The maximum atomic E-state index is 15.2. The Morgan fingerprint density at radius 2 is 2.09 bits per heavy atom. The van der Waals surface area contributed by atoms with E-state index in [1.807, 2.05) is 0 Å². The summed E-state index contributed by atoms with van der Waals surface area (Å²) in [7, 11) is -2.12. The summed E-state index contributed by atoms with van der Waals surface area (Å²) in [5.74, 6) is -0.351. The number of aliphatic imine (C=N–C) groups is 2. The van der Waals surface area contributed by atoms with Crippen LogP contribution in [-0.4, -0.2) is 48.6 Å². The van der Waals surface area contributed by atoms with Gasteiger partial charge in [0.25, 0.3) is 0 Å². The number of aromatic nitrogens is 3. The van der Waals surface area contributed by atoms with Crippen molar-refractivity contribution in [3.05, 3.63) is 58.9 Å². The number of imidazole rings is 1. The summed E-state index contributed by atoms with van der Waals surface area (Å²) in [6.07, 6.45) is 3.35. The van der Waals surface area contributed by atoms with Gasteiger partial charge >= 0.3 is 0 Å². The van der Waals surface area contributed by atoms with Gasteiger partial charge in [0.1, 0.15) is 11.5 Å². The fraction of sp³-hybridized carbons (Fsp3) is 0.200. The molecule has 0 saturated heterocycles. The number of benzene rings is 1. The quantitative estimate of drug-likeness (QED) is 0.396. The Balaban J connectivity index is 2.04. The molecule has 2 aromatic heterocycles. The second kappa shape index (κ2) is 9.88. The van der Waals surface area contributed by atoms with Crippen molar-refractivity contribution in [1.82, 2.24) is 15.0 Å². The number of nitrogens with zero attached hydrogens (tertiary/aromatic N) is 4. The lowest BCUT2D eigenvalue weighted by Gasteiger charge is -2.16. The number of H-pyrrole nitrogens is 1. The van der Waals surface area contributed by atoms with Crippen LogP contribution in [-0.2, 0) is 10.0 Å². The van der Waals surface area contributed by atoms with Crippen LogP contribution in [0, 0.1) is 5.82 Å². The predicted molar refractivity (Wildman–Crippen MR) is 126 cm³/mol. The number of sulfonamides is 1. The summed E-state index contributed by atoms with van der Waals surface area (Å²) < 4.78 is 41.7. The predicted octanol–water partition coefficient (Wildman–Crippen LogP) is 4.29. The molecule has 3 aromatic rings. The van der Waals surface area contributed by atoms with Gasteiger partial charge in [0, 0.05) is 18.8 Å². The second-order valence-corrected chi connectivity index (χ2v) is 8.81. The van der Waals surface area contributed by atoms with Crippen LogP contribution < -0.4 is 10.0 Å². The number of nitrogens with one attached hydrogen (secondary N) is 3. The van der Waals surface area contributed by atoms with Crippen LogP contribution in [0.3, 0.4) is 0 Å². The number of rotatable bonds is 9. The fourth-order valence-electron chi connectivity index (χ4n) is 2.98. The normalized spacial score (nSPS) is 11.9. The summed E-state index contributed by atoms with van der Waals surface area (Å²) in [6, 6.07) is 6.06. The number of hydrogen-bond acceptors (Lipinski definition) is 7. The Morgan fingerprint density at radius 3 is 2.78 bits per heavy atom. The van der Waals surface area contributed by atoms with E-state index >= 15 is 4.39 Å². The van der Waals surface area contributed by atoms with Crippen molar-refractivity contribution in [3.63, 3.8) is 0 Å². The first-order chi connectivity index (χ1) is 15.3. The van der Waals surface area contributed by atoms with E-state index in [1.165, 1.54) is 24.7 Å². The molecule has 0 fully saturated rings. The van der Waals surface area contributed by atoms with Crippen molar-refractivity contribution in [2.24, 2.45) is 9.98 Å². The fourth-order valence-corrected chi connectivity index (χ4v) is 4.31. The van der Waals surface area contributed by atoms with Gasteiger partial charge in [-0.15, -0.1) is 0 Å². The molecule has 0 bridgehead atoms. The smallest absolute Gasteiger partial charge is 0.232 e. The van der Waals surface area contributed by atoms with Gasteiger partial charge in [0.05, 0.1) is 34.2 Å². The van der Waals surface area contributed by atoms with Crippen LogP contribution >= 0.6 is 11.6 Å². The molecule has 0 atom stereocenters. The summed E-state index contributed by atoms with van der Waals surface area (Å²) in [5, 5.41) is 2.91. The molecule has 0 amide bonds. The standard InChI is InChI=1S/C20H21ClFN7O2S/c1-4-10-32(30,31)29-14-8-7-13(21)17(15(14)22)28-19-12(6-5-9-25-19)16(23-2)18-20(24-3)27-11-26-18/h5-9,11,29H,3-4,10H2,1-2H3,(H,25,28)(H,26,27)/b23-16-. The van der Waals surface area contributed by atoms with E-state index in [9.17, 15) is 8.42 Å². The Labute approximate surface area is 190 Å². The molecule has 168 valence electrons. The zero-order valence-electron chi connectivity index (χ0n) is 17.4. The Morgan fingerprint density at radius 1 is 1.31 bits per heavy atom. The molecule has 0 saturated carbocycles. The van der Waals surface area contributed by atoms with E-state index in [4.69, 9.17) is 11.6 Å². The Bertz CT molecular complexity index is 1270. The number of anilines is 3. The van der Waals surface area contributed by atoms with Crippen LogP contribution in [0.2, 0.25) is 5.02 Å². The van der Waals surface area contributed by atoms with Crippen molar-refractivity contribution in [3.8, 4) is 0 Å². The molecular weight excluding hydrogens is 457 g/mol. The van der Waals surface area contributed by atoms with Crippen molar-refractivity contribution in [2.75, 3.05) is 22.8 Å². The highest BCUT2D eigenvalue weighted by Crippen LogP contribution is 2.34. The number of aromatic amines is 1. The van der Waals surface area contributed by atoms with Gasteiger partial charge in [-0.1, -0.05) is 18.5 Å². The molecule has 3 rings (SSSR count). The van der Waals surface area contributed by atoms with Crippen molar-refractivity contribution >= 4 is 57.1 Å². The van der Waals surface area contributed by atoms with Gasteiger partial charge in [-0.05, 0) is 37.4 Å². The first-order valence-electron chi connectivity index (χ1n) is 9.49. The van der Waals surface area contributed by atoms with Crippen molar-refractivity contribution in [2.45, 2.75) is 13.3 Å². The van der Waals surface area contributed by atoms with E-state index < -0.39 is 15.8 Å². The van der Waals surface area contributed by atoms with E-state index in [2.05, 4.69) is 41.7 Å². The minimum absolute atomic E-state index is 0.0424. The molecule has 0 aliphatic carbocycles. The van der Waals surface area contributed by atoms with Gasteiger partial charge < -0.3 is 10.3 Å². The van der Waals surface area contributed by atoms with Crippen LogP contribution in [0.25, 0.3) is 0 Å². The Kier molecular flexibility index (Phi) is 7.21. The molecule has 2 heterocycles. The lowest BCUT2D eigenvalue weighted by atomic mass is 10.1. The molecule has 3 N–H and O–H groups in total. The molecule has 32 heavy (non-hydrogen) atoms. The van der Waals surface area contributed by atoms with Gasteiger partial charge in [-0.3, -0.25) is 9.71 Å². The van der Waals surface area contributed by atoms with E-state index in [0.717, 1.165) is 0 Å². The minimum atomic E-state index is -3.70. The summed E-state index contributed by atoms with van der Waals surface area (Å²) in [4.78, 5) is 19.6. The largest absolute Gasteiger partial charge is 0.336 e. The molecule has 0 spiro atoms. The molecule has 0 radical (unpaired) electrons. The molecule has 0 aliphatic heterocycles. The summed E-state index contributed by atoms with van der Waals surface area (Å²) >= 11 is 6.22. The number of hydrogen-bond donors (Lipinski definition) is 3. The molecule has 1 aromatic carbocycles. The van der Waals surface area contributed by atoms with Crippen LogP contribution in [0.5, 0.6) is 0 Å². The highest BCUT2D eigenvalue weighted by molar-refractivity contribution is 7.92. The zero-order valence-corrected chi connectivity index (χ0v) is 18.9. The number of pyridine rings is 1. The molecule has 0 aliphatic rings. The van der Waals surface area contributed by atoms with Gasteiger partial charge in [-0.2, -0.15) is 0 Å². The molecular formula is C20H21ClFN7O2S. The average molecular weight is 478 g/mol. The highest BCUT2D eigenvalue weighted by Gasteiger charge is 2.21. The minimum Gasteiger partial charge on any atom is -0.336 e. The van der Waals surface area contributed by atoms with Crippen molar-refractivity contribution in [1.29, 1.82) is 0 Å². The maximum Gasteiger partial charge on any atom is 0.232 e. The van der Waals surface area contributed by atoms with E-state index in [-0.39, 0.29) is 28.0 Å². The summed E-state index contributed by atoms with van der Waals surface area (Å²) in [6.45, 7) is 5.22. The second-order valence-electron chi connectivity index (χ2n) is 6.56. The molecule has 9 nitrogen and oxygen atoms in total. The monoisotopic (exact) mass is 477 g/mol. The first-order valence-corrected chi connectivity index (χ1v) is 11.5. The number of halogens is 2. The van der Waals surface area contributed by atoms with Gasteiger partial charge in [0.15, 0.2) is 11.6 Å². The molecule has 12 heteroatoms. The molecule has 0 unspecified atom stereocenters. The third-order valence-corrected chi connectivity index (χ3v) is 6.15. The average Bonchev–Trinajstić information content (AvgIpc) is 3.23. The zero-order chi connectivity index (χ0) is 23.3. The van der Waals surface area contributed by atoms with Crippen LogP contribution in [0.4, 0.5) is 27.4 Å². The third kappa shape index (κ3) is 4.94. The van der Waals surface area contributed by atoms with E-state index in [1.54, 1.807) is 26.1 Å². The lowest BCUT2D eigenvalue weighted by Crippen LogP contribution is -2.17. The van der Waals surface area contributed by atoms with Crippen LogP contribution in [0.1, 0.15) is 24.6 Å². The van der Waals surface area contributed by atoms with Gasteiger partial charge in [-0.25, -0.2) is 27.8 Å². The SMILES string of the molecule is C=Nc1[nH]cnc1/C(=N\C)c1cccnc1Nc1c(Cl)ccc(NS(=O)(=O)CCC)c1F. The van der Waals surface area contributed by atoms with Crippen molar-refractivity contribution < 1.29 is 12.8 Å². The van der Waals surface area contributed by atoms with Crippen LogP contribution in [0.15, 0.2) is 46.8 Å². The topological polar surface area (TPSA) is 124 Å². The van der Waals surface area contributed by atoms with E-state index in [0.29, 0.717) is 29.2 Å². The maximum absolute atomic E-state index is 15.2. The third-order valence-electron chi connectivity index (χ3n) is 4.36. The first kappa shape index (κ1) is 23.4.